The van der Waals surface area contributed by atoms with E-state index < -0.39 is 0 Å². The topological polar surface area (TPSA) is 35.9 Å². The van der Waals surface area contributed by atoms with Crippen molar-refractivity contribution in [3.63, 3.8) is 0 Å². The molecule has 1 fully saturated rings. The highest BCUT2D eigenvalue weighted by molar-refractivity contribution is 6.03. The quantitative estimate of drug-likeness (QED) is 0.795. The average Bonchev–Trinajstić information content (AvgIpc) is 3.34. The van der Waals surface area contributed by atoms with Crippen molar-refractivity contribution in [2.24, 2.45) is 5.10 Å². The minimum absolute atomic E-state index is 0.0205. The van der Waals surface area contributed by atoms with Crippen LogP contribution in [0.25, 0.3) is 0 Å². The third-order valence-electron chi connectivity index (χ3n) is 6.11. The molecule has 1 saturated heterocycles. The molecule has 4 nitrogen and oxygen atoms in total. The molecule has 1 amide bonds. The number of hydrogen-bond acceptors (Lipinski definition) is 3. The van der Waals surface area contributed by atoms with Gasteiger partial charge in [0.1, 0.15) is 0 Å². The van der Waals surface area contributed by atoms with Crippen LogP contribution in [0, 0.1) is 20.8 Å². The van der Waals surface area contributed by atoms with Crippen molar-refractivity contribution in [1.29, 1.82) is 0 Å². The third-order valence-corrected chi connectivity index (χ3v) is 6.11. The number of carbonyl (C=O) groups excluding carboxylic acids is 1. The van der Waals surface area contributed by atoms with Gasteiger partial charge in [-0.1, -0.05) is 36.4 Å². The monoisotopic (exact) mass is 375 g/mol. The van der Waals surface area contributed by atoms with Gasteiger partial charge in [0.25, 0.3) is 5.91 Å². The maximum absolute atomic E-state index is 13.2. The predicted molar refractivity (Wildman–Crippen MR) is 114 cm³/mol. The normalized spacial score (nSPS) is 19.9. The zero-order valence-electron chi connectivity index (χ0n) is 17.1. The van der Waals surface area contributed by atoms with Crippen LogP contribution in [0.1, 0.15) is 53.1 Å². The summed E-state index contributed by atoms with van der Waals surface area (Å²) in [6, 6.07) is 14.8. The van der Waals surface area contributed by atoms with Crippen molar-refractivity contribution in [3.05, 3.63) is 70.3 Å². The van der Waals surface area contributed by atoms with Crippen molar-refractivity contribution in [1.82, 2.24) is 9.91 Å². The summed E-state index contributed by atoms with van der Waals surface area (Å²) in [5.41, 5.74) is 7.07. The number of hydrazone groups is 1. The molecule has 0 aliphatic carbocycles. The Hall–Kier alpha value is -2.46. The molecular formula is C24H29N3O. The molecular weight excluding hydrogens is 346 g/mol. The molecule has 0 spiro atoms. The standard InChI is InChI=1S/C24H29N3O/c1-17-10-11-20(14-19(17)3)22-15-23(21-9-5-4-8-18(21)2)27(25-22)24(28)16-26-12-6-7-13-26/h4-5,8-11,14,23H,6-7,12-13,15-16H2,1-3H3. The highest BCUT2D eigenvalue weighted by atomic mass is 16.2. The molecule has 1 atom stereocenters. The second-order valence-electron chi connectivity index (χ2n) is 8.14. The first kappa shape index (κ1) is 18.9. The van der Waals surface area contributed by atoms with E-state index >= 15 is 0 Å². The Kier molecular flexibility index (Phi) is 5.31. The highest BCUT2D eigenvalue weighted by Crippen LogP contribution is 2.34. The molecule has 4 heteroatoms. The van der Waals surface area contributed by atoms with Gasteiger partial charge in [0, 0.05) is 6.42 Å². The van der Waals surface area contributed by atoms with Crippen LogP contribution >= 0.6 is 0 Å². The largest absolute Gasteiger partial charge is 0.294 e. The highest BCUT2D eigenvalue weighted by Gasteiger charge is 2.34. The molecule has 0 bridgehead atoms. The number of likely N-dealkylation sites (tertiary alicyclic amines) is 1. The van der Waals surface area contributed by atoms with Crippen LogP contribution in [0.3, 0.4) is 0 Å². The van der Waals surface area contributed by atoms with Crippen LogP contribution in [0.15, 0.2) is 47.6 Å². The van der Waals surface area contributed by atoms with E-state index in [9.17, 15) is 4.79 Å². The zero-order chi connectivity index (χ0) is 19.7. The Morgan fingerprint density at radius 3 is 2.46 bits per heavy atom. The fraction of sp³-hybridized carbons (Fsp3) is 0.417. The second-order valence-corrected chi connectivity index (χ2v) is 8.14. The lowest BCUT2D eigenvalue weighted by molar-refractivity contribution is -0.134. The van der Waals surface area contributed by atoms with Crippen molar-refractivity contribution in [2.45, 2.75) is 46.1 Å². The molecule has 0 saturated carbocycles. The van der Waals surface area contributed by atoms with Crippen LogP contribution in [0.4, 0.5) is 0 Å². The lowest BCUT2D eigenvalue weighted by atomic mass is 9.94. The molecule has 0 N–H and O–H groups in total. The maximum atomic E-state index is 13.2. The number of benzene rings is 2. The van der Waals surface area contributed by atoms with Gasteiger partial charge in [-0.2, -0.15) is 5.10 Å². The second kappa shape index (κ2) is 7.88. The average molecular weight is 376 g/mol. The van der Waals surface area contributed by atoms with Gasteiger partial charge in [0.05, 0.1) is 18.3 Å². The molecule has 2 aromatic rings. The summed E-state index contributed by atoms with van der Waals surface area (Å²) in [6.07, 6.45) is 3.14. The summed E-state index contributed by atoms with van der Waals surface area (Å²) >= 11 is 0. The van der Waals surface area contributed by atoms with E-state index in [0.717, 1.165) is 30.8 Å². The van der Waals surface area contributed by atoms with E-state index in [-0.39, 0.29) is 11.9 Å². The van der Waals surface area contributed by atoms with Crippen molar-refractivity contribution >= 4 is 11.6 Å². The molecule has 146 valence electrons. The molecule has 28 heavy (non-hydrogen) atoms. The van der Waals surface area contributed by atoms with Gasteiger partial charge in [-0.25, -0.2) is 5.01 Å². The summed E-state index contributed by atoms with van der Waals surface area (Å²) in [6.45, 7) is 8.87. The molecule has 4 rings (SSSR count). The van der Waals surface area contributed by atoms with Crippen molar-refractivity contribution in [2.75, 3.05) is 19.6 Å². The lowest BCUT2D eigenvalue weighted by Gasteiger charge is -2.25. The maximum Gasteiger partial charge on any atom is 0.257 e. The number of nitrogens with zero attached hydrogens (tertiary/aromatic N) is 3. The Morgan fingerprint density at radius 1 is 1.00 bits per heavy atom. The van der Waals surface area contributed by atoms with E-state index in [1.807, 2.05) is 0 Å². The minimum atomic E-state index is -0.0205. The van der Waals surface area contributed by atoms with Crippen LogP contribution < -0.4 is 0 Å². The van der Waals surface area contributed by atoms with Crippen LogP contribution in [0.2, 0.25) is 0 Å². The van der Waals surface area contributed by atoms with Crippen molar-refractivity contribution < 1.29 is 4.79 Å². The van der Waals surface area contributed by atoms with Gasteiger partial charge in [-0.3, -0.25) is 9.69 Å². The molecule has 2 aliphatic rings. The molecule has 2 aromatic carbocycles. The Morgan fingerprint density at radius 2 is 1.75 bits per heavy atom. The number of carbonyl (C=O) groups is 1. The number of hydrogen-bond donors (Lipinski definition) is 0. The van der Waals surface area contributed by atoms with E-state index in [1.54, 1.807) is 5.01 Å². The van der Waals surface area contributed by atoms with Crippen LogP contribution in [-0.4, -0.2) is 41.2 Å². The number of rotatable bonds is 4. The van der Waals surface area contributed by atoms with Gasteiger partial charge in [-0.05, 0) is 80.6 Å². The zero-order valence-corrected chi connectivity index (χ0v) is 17.1. The SMILES string of the molecule is Cc1ccc(C2=NN(C(=O)CN3CCCC3)C(c3ccccc3C)C2)cc1C. The Labute approximate surface area is 167 Å². The molecule has 2 aliphatic heterocycles. The first-order chi connectivity index (χ1) is 13.5. The van der Waals surface area contributed by atoms with Gasteiger partial charge in [-0.15, -0.1) is 0 Å². The van der Waals surface area contributed by atoms with Crippen LogP contribution in [0.5, 0.6) is 0 Å². The van der Waals surface area contributed by atoms with E-state index in [1.165, 1.54) is 35.1 Å². The minimum Gasteiger partial charge on any atom is -0.294 e. The first-order valence-electron chi connectivity index (χ1n) is 10.3. The summed E-state index contributed by atoms with van der Waals surface area (Å²) in [5.74, 6) is 0.106. The first-order valence-corrected chi connectivity index (χ1v) is 10.3. The Bertz CT molecular complexity index is 912. The third kappa shape index (κ3) is 3.74. The summed E-state index contributed by atoms with van der Waals surface area (Å²) in [5, 5.41) is 6.60. The number of amides is 1. The lowest BCUT2D eigenvalue weighted by Crippen LogP contribution is -2.37. The summed E-state index contributed by atoms with van der Waals surface area (Å²) < 4.78 is 0. The van der Waals surface area contributed by atoms with Gasteiger partial charge in [0.2, 0.25) is 0 Å². The van der Waals surface area contributed by atoms with E-state index in [2.05, 4.69) is 68.1 Å². The predicted octanol–water partition coefficient (Wildman–Crippen LogP) is 4.39. The molecule has 2 heterocycles. The van der Waals surface area contributed by atoms with Crippen molar-refractivity contribution in [3.8, 4) is 0 Å². The molecule has 0 aromatic heterocycles. The molecule has 0 radical (unpaired) electrons. The van der Waals surface area contributed by atoms with Gasteiger partial charge < -0.3 is 0 Å². The van der Waals surface area contributed by atoms with E-state index in [4.69, 9.17) is 5.10 Å². The fourth-order valence-corrected chi connectivity index (χ4v) is 4.24. The van der Waals surface area contributed by atoms with Gasteiger partial charge >= 0.3 is 0 Å². The van der Waals surface area contributed by atoms with Crippen LogP contribution in [-0.2, 0) is 4.79 Å². The molecule has 1 unspecified atom stereocenters. The number of aryl methyl sites for hydroxylation is 3. The fourth-order valence-electron chi connectivity index (χ4n) is 4.24. The Balaban J connectivity index is 1.66. The van der Waals surface area contributed by atoms with E-state index in [0.29, 0.717) is 6.54 Å². The summed E-state index contributed by atoms with van der Waals surface area (Å²) in [4.78, 5) is 15.4. The summed E-state index contributed by atoms with van der Waals surface area (Å²) in [7, 11) is 0. The smallest absolute Gasteiger partial charge is 0.257 e. The van der Waals surface area contributed by atoms with Gasteiger partial charge in [0.15, 0.2) is 0 Å².